The largest absolute Gasteiger partial charge is 0.361 e. The van der Waals surface area contributed by atoms with Gasteiger partial charge in [0.15, 0.2) is 0 Å². The normalized spacial score (nSPS) is 17.9. The minimum absolute atomic E-state index is 0.142. The smallest absolute Gasteiger partial charge is 0.255 e. The first-order valence-corrected chi connectivity index (χ1v) is 5.90. The Labute approximate surface area is 109 Å². The molecular weight excluding hydrogens is 252 g/mol. The summed E-state index contributed by atoms with van der Waals surface area (Å²) in [6, 6.07) is 5.21. The lowest BCUT2D eigenvalue weighted by molar-refractivity contribution is 0.0935. The lowest BCUT2D eigenvalue weighted by atomic mass is 10.1. The Kier molecular flexibility index (Phi) is 2.48. The Morgan fingerprint density at radius 2 is 2.17 bits per heavy atom. The minimum Gasteiger partial charge on any atom is -0.361 e. The Bertz CT molecular complexity index is 622. The fourth-order valence-electron chi connectivity index (χ4n) is 2.04. The number of amides is 1. The van der Waals surface area contributed by atoms with Crippen LogP contribution in [0.25, 0.3) is 0 Å². The van der Waals surface area contributed by atoms with Gasteiger partial charge in [0, 0.05) is 22.0 Å². The van der Waals surface area contributed by atoms with Crippen LogP contribution in [0.2, 0.25) is 5.02 Å². The lowest BCUT2D eigenvalue weighted by Crippen LogP contribution is -2.38. The summed E-state index contributed by atoms with van der Waals surface area (Å²) in [5, 5.41) is 13.5. The number of aromatic nitrogens is 2. The van der Waals surface area contributed by atoms with Gasteiger partial charge in [-0.2, -0.15) is 5.10 Å². The summed E-state index contributed by atoms with van der Waals surface area (Å²) in [6.07, 6.45) is 1.43. The minimum atomic E-state index is -0.273. The Morgan fingerprint density at radius 1 is 1.33 bits per heavy atom. The summed E-state index contributed by atoms with van der Waals surface area (Å²) in [4.78, 5) is 12.0. The lowest BCUT2D eigenvalue weighted by Gasteiger charge is -2.27. The van der Waals surface area contributed by atoms with Gasteiger partial charge in [-0.05, 0) is 25.1 Å². The summed E-state index contributed by atoms with van der Waals surface area (Å²) in [5.41, 5.74) is 3.17. The molecule has 92 valence electrons. The average Bonchev–Trinajstić information content (AvgIpc) is 2.76. The quantitative estimate of drug-likeness (QED) is 0.738. The second-order valence-corrected chi connectivity index (χ2v) is 4.63. The van der Waals surface area contributed by atoms with Crippen molar-refractivity contribution in [3.63, 3.8) is 0 Å². The molecule has 5 nitrogen and oxygen atoms in total. The molecule has 2 heterocycles. The van der Waals surface area contributed by atoms with Gasteiger partial charge in [0.2, 0.25) is 0 Å². The molecule has 0 saturated heterocycles. The van der Waals surface area contributed by atoms with E-state index in [1.807, 2.05) is 6.92 Å². The molecule has 0 fully saturated rings. The third-order valence-electron chi connectivity index (χ3n) is 2.98. The third kappa shape index (κ3) is 1.73. The van der Waals surface area contributed by atoms with Crippen LogP contribution in [0, 0.1) is 6.92 Å². The van der Waals surface area contributed by atoms with Crippen LogP contribution < -0.4 is 10.6 Å². The number of benzene rings is 1. The molecular formula is C12H11ClN4O. The van der Waals surface area contributed by atoms with Gasteiger partial charge in [0.05, 0.1) is 11.8 Å². The van der Waals surface area contributed by atoms with Crippen molar-refractivity contribution < 1.29 is 4.79 Å². The van der Waals surface area contributed by atoms with Crippen molar-refractivity contribution >= 4 is 23.2 Å². The maximum atomic E-state index is 12.0. The van der Waals surface area contributed by atoms with Crippen molar-refractivity contribution in [1.82, 2.24) is 15.5 Å². The van der Waals surface area contributed by atoms with Crippen molar-refractivity contribution in [2.24, 2.45) is 0 Å². The van der Waals surface area contributed by atoms with Crippen molar-refractivity contribution in [1.29, 1.82) is 0 Å². The number of carbonyl (C=O) groups excluding carboxylic acids is 1. The maximum absolute atomic E-state index is 12.0. The molecule has 1 aliphatic heterocycles. The monoisotopic (exact) mass is 262 g/mol. The molecule has 1 aromatic carbocycles. The summed E-state index contributed by atoms with van der Waals surface area (Å²) < 4.78 is 0. The topological polar surface area (TPSA) is 69.8 Å². The van der Waals surface area contributed by atoms with Crippen molar-refractivity contribution in [2.75, 3.05) is 5.32 Å². The Balaban J connectivity index is 2.00. The second kappa shape index (κ2) is 4.03. The molecule has 0 bridgehead atoms. The summed E-state index contributed by atoms with van der Waals surface area (Å²) in [7, 11) is 0. The van der Waals surface area contributed by atoms with Crippen LogP contribution in [-0.4, -0.2) is 16.1 Å². The van der Waals surface area contributed by atoms with Crippen LogP contribution >= 0.6 is 11.6 Å². The van der Waals surface area contributed by atoms with Crippen LogP contribution in [0.15, 0.2) is 24.4 Å². The zero-order valence-corrected chi connectivity index (χ0v) is 10.4. The van der Waals surface area contributed by atoms with Gasteiger partial charge >= 0.3 is 0 Å². The van der Waals surface area contributed by atoms with Gasteiger partial charge in [-0.15, -0.1) is 0 Å². The highest BCUT2D eigenvalue weighted by atomic mass is 35.5. The van der Waals surface area contributed by atoms with Gasteiger partial charge in [0.25, 0.3) is 5.91 Å². The van der Waals surface area contributed by atoms with Crippen LogP contribution in [0.1, 0.15) is 27.8 Å². The number of anilines is 1. The van der Waals surface area contributed by atoms with E-state index in [9.17, 15) is 4.79 Å². The summed E-state index contributed by atoms with van der Waals surface area (Å²) in [5.74, 6) is -0.142. The number of hydrogen-bond acceptors (Lipinski definition) is 3. The molecule has 0 radical (unpaired) electrons. The molecule has 0 aliphatic carbocycles. The molecule has 1 aliphatic rings. The number of aromatic amines is 1. The molecule has 0 saturated carbocycles. The molecule has 0 spiro atoms. The number of aryl methyl sites for hydroxylation is 1. The van der Waals surface area contributed by atoms with Crippen LogP contribution in [0.5, 0.6) is 0 Å². The number of rotatable bonds is 1. The van der Waals surface area contributed by atoms with E-state index in [1.165, 1.54) is 0 Å². The highest BCUT2D eigenvalue weighted by Gasteiger charge is 2.26. The molecule has 1 atom stereocenters. The van der Waals surface area contributed by atoms with Gasteiger partial charge in [0.1, 0.15) is 6.17 Å². The second-order valence-electron chi connectivity index (χ2n) is 4.19. The zero-order valence-electron chi connectivity index (χ0n) is 9.62. The van der Waals surface area contributed by atoms with Crippen molar-refractivity contribution in [3.05, 3.63) is 46.2 Å². The highest BCUT2D eigenvalue weighted by molar-refractivity contribution is 6.31. The third-order valence-corrected chi connectivity index (χ3v) is 3.22. The van der Waals surface area contributed by atoms with E-state index in [1.54, 1.807) is 24.4 Å². The van der Waals surface area contributed by atoms with Gasteiger partial charge in [-0.25, -0.2) is 0 Å². The molecule has 6 heteroatoms. The molecule has 1 aromatic heterocycles. The zero-order chi connectivity index (χ0) is 12.7. The number of hydrogen-bond donors (Lipinski definition) is 3. The molecule has 3 N–H and O–H groups in total. The van der Waals surface area contributed by atoms with Gasteiger partial charge < -0.3 is 10.6 Å². The first-order valence-electron chi connectivity index (χ1n) is 5.52. The molecule has 3 rings (SSSR count). The van der Waals surface area contributed by atoms with Gasteiger partial charge in [-0.1, -0.05) is 11.6 Å². The predicted octanol–water partition coefficient (Wildman–Crippen LogP) is 2.23. The first-order chi connectivity index (χ1) is 8.65. The van der Waals surface area contributed by atoms with E-state index in [-0.39, 0.29) is 12.1 Å². The van der Waals surface area contributed by atoms with Crippen LogP contribution in [-0.2, 0) is 0 Å². The predicted molar refractivity (Wildman–Crippen MR) is 68.6 cm³/mol. The van der Waals surface area contributed by atoms with E-state index in [0.717, 1.165) is 16.9 Å². The molecule has 0 unspecified atom stereocenters. The Hall–Kier alpha value is -2.01. The van der Waals surface area contributed by atoms with E-state index >= 15 is 0 Å². The van der Waals surface area contributed by atoms with Crippen LogP contribution in [0.4, 0.5) is 5.69 Å². The summed E-state index contributed by atoms with van der Waals surface area (Å²) in [6.45, 7) is 1.91. The number of nitrogens with zero attached hydrogens (tertiary/aromatic N) is 1. The van der Waals surface area contributed by atoms with Crippen molar-refractivity contribution in [3.8, 4) is 0 Å². The average molecular weight is 263 g/mol. The van der Waals surface area contributed by atoms with Crippen molar-refractivity contribution in [2.45, 2.75) is 13.1 Å². The molecule has 1 amide bonds. The fraction of sp³-hybridized carbons (Fsp3) is 0.167. The van der Waals surface area contributed by atoms with E-state index < -0.39 is 0 Å². The molecule has 2 aromatic rings. The van der Waals surface area contributed by atoms with Gasteiger partial charge in [-0.3, -0.25) is 9.89 Å². The number of H-pyrrole nitrogens is 1. The summed E-state index contributed by atoms with van der Waals surface area (Å²) >= 11 is 5.88. The fourth-order valence-corrected chi connectivity index (χ4v) is 2.21. The van der Waals surface area contributed by atoms with E-state index in [2.05, 4.69) is 20.8 Å². The number of fused-ring (bicyclic) bond motifs is 1. The maximum Gasteiger partial charge on any atom is 0.255 e. The number of carbonyl (C=O) groups is 1. The molecule has 18 heavy (non-hydrogen) atoms. The Morgan fingerprint density at radius 3 is 2.89 bits per heavy atom. The first kappa shape index (κ1) is 11.1. The van der Waals surface area contributed by atoms with E-state index in [4.69, 9.17) is 11.6 Å². The number of nitrogens with one attached hydrogen (secondary N) is 3. The highest BCUT2D eigenvalue weighted by Crippen LogP contribution is 2.29. The number of halogens is 1. The standard InChI is InChI=1S/C12H11ClN4O/c1-6-9(5-14-17-6)11-15-10-3-2-7(13)4-8(10)12(18)16-11/h2-5,11,15H,1H3,(H,14,17)(H,16,18)/t11-/m0/s1. The van der Waals surface area contributed by atoms with E-state index in [0.29, 0.717) is 10.6 Å². The van der Waals surface area contributed by atoms with Crippen LogP contribution in [0.3, 0.4) is 0 Å². The SMILES string of the molecule is Cc1[nH]ncc1[C@@H]1NC(=O)c2cc(Cl)ccc2N1.